The Morgan fingerprint density at radius 1 is 1.03 bits per heavy atom. The van der Waals surface area contributed by atoms with E-state index in [0.29, 0.717) is 11.5 Å². The molecule has 1 unspecified atom stereocenters. The first-order valence-electron chi connectivity index (χ1n) is 11.2. The lowest BCUT2D eigenvalue weighted by Crippen LogP contribution is -2.37. The number of anilines is 1. The van der Waals surface area contributed by atoms with Gasteiger partial charge >= 0.3 is 0 Å². The zero-order valence-electron chi connectivity index (χ0n) is 18.2. The van der Waals surface area contributed by atoms with Gasteiger partial charge in [-0.3, -0.25) is 14.7 Å². The second-order valence-electron chi connectivity index (χ2n) is 8.57. The molecule has 1 atom stereocenters. The molecule has 5 nitrogen and oxygen atoms in total. The second kappa shape index (κ2) is 8.97. The highest BCUT2D eigenvalue weighted by molar-refractivity contribution is 6.09. The summed E-state index contributed by atoms with van der Waals surface area (Å²) in [6.07, 6.45) is 5.97. The van der Waals surface area contributed by atoms with Crippen LogP contribution in [0, 0.1) is 5.92 Å². The van der Waals surface area contributed by atoms with Crippen molar-refractivity contribution in [3.63, 3.8) is 0 Å². The maximum atomic E-state index is 13.1. The van der Waals surface area contributed by atoms with Crippen LogP contribution in [0.4, 0.5) is 5.69 Å². The van der Waals surface area contributed by atoms with Crippen LogP contribution in [-0.4, -0.2) is 28.9 Å². The zero-order valence-corrected chi connectivity index (χ0v) is 18.2. The molecule has 5 heteroatoms. The molecule has 5 rings (SSSR count). The van der Waals surface area contributed by atoms with E-state index in [1.807, 2.05) is 66.9 Å². The first kappa shape index (κ1) is 20.5. The summed E-state index contributed by atoms with van der Waals surface area (Å²) in [6, 6.07) is 21.1. The van der Waals surface area contributed by atoms with Gasteiger partial charge in [0, 0.05) is 23.3 Å². The first-order valence-corrected chi connectivity index (χ1v) is 11.2. The molecule has 1 amide bonds. The van der Waals surface area contributed by atoms with E-state index in [9.17, 15) is 4.79 Å². The van der Waals surface area contributed by atoms with Crippen molar-refractivity contribution in [3.05, 3.63) is 96.0 Å². The highest BCUT2D eigenvalue weighted by Gasteiger charge is 2.32. The van der Waals surface area contributed by atoms with Gasteiger partial charge in [0.15, 0.2) is 5.76 Å². The predicted molar refractivity (Wildman–Crippen MR) is 127 cm³/mol. The largest absolute Gasteiger partial charge is 0.457 e. The molecule has 0 bridgehead atoms. The number of piperidine rings is 1. The van der Waals surface area contributed by atoms with Gasteiger partial charge in [-0.1, -0.05) is 43.3 Å². The minimum absolute atomic E-state index is 0.116. The van der Waals surface area contributed by atoms with Crippen molar-refractivity contribution in [2.24, 2.45) is 5.92 Å². The van der Waals surface area contributed by atoms with Crippen LogP contribution in [0.15, 0.2) is 83.5 Å². The fourth-order valence-corrected chi connectivity index (χ4v) is 4.51. The number of carbonyl (C=O) groups excluding carboxylic acids is 1. The fourth-order valence-electron chi connectivity index (χ4n) is 4.51. The van der Waals surface area contributed by atoms with Crippen LogP contribution < -0.4 is 5.32 Å². The van der Waals surface area contributed by atoms with E-state index in [4.69, 9.17) is 4.42 Å². The zero-order chi connectivity index (χ0) is 21.9. The Morgan fingerprint density at radius 3 is 2.53 bits per heavy atom. The first-order chi connectivity index (χ1) is 15.7. The number of rotatable bonds is 5. The van der Waals surface area contributed by atoms with Crippen LogP contribution in [0.1, 0.15) is 47.5 Å². The van der Waals surface area contributed by atoms with Crippen LogP contribution in [0.25, 0.3) is 11.0 Å². The Kier molecular flexibility index (Phi) is 5.73. The van der Waals surface area contributed by atoms with E-state index in [2.05, 4.69) is 28.2 Å². The summed E-state index contributed by atoms with van der Waals surface area (Å²) in [5, 5.41) is 4.08. The highest BCUT2D eigenvalue weighted by Crippen LogP contribution is 2.41. The van der Waals surface area contributed by atoms with Crippen molar-refractivity contribution in [3.8, 4) is 0 Å². The van der Waals surface area contributed by atoms with Gasteiger partial charge in [-0.2, -0.15) is 0 Å². The molecular weight excluding hydrogens is 398 g/mol. The molecule has 2 aromatic heterocycles. The lowest BCUT2D eigenvalue weighted by atomic mass is 9.94. The molecule has 4 aromatic rings. The number of nitrogens with zero attached hydrogens (tertiary/aromatic N) is 2. The van der Waals surface area contributed by atoms with Crippen molar-refractivity contribution >= 4 is 22.6 Å². The minimum atomic E-state index is -0.143. The van der Waals surface area contributed by atoms with Crippen molar-refractivity contribution in [2.45, 2.75) is 25.8 Å². The summed E-state index contributed by atoms with van der Waals surface area (Å²) in [7, 11) is 0. The molecule has 0 aliphatic carbocycles. The molecule has 32 heavy (non-hydrogen) atoms. The Bertz CT molecular complexity index is 1200. The quantitative estimate of drug-likeness (QED) is 0.432. The third kappa shape index (κ3) is 4.04. The number of pyridine rings is 1. The van der Waals surface area contributed by atoms with Gasteiger partial charge < -0.3 is 9.73 Å². The van der Waals surface area contributed by atoms with Crippen LogP contribution >= 0.6 is 0 Å². The van der Waals surface area contributed by atoms with Crippen LogP contribution in [0.2, 0.25) is 0 Å². The molecule has 0 radical (unpaired) electrons. The number of hydrogen-bond acceptors (Lipinski definition) is 4. The molecule has 1 N–H and O–H groups in total. The molecule has 1 aliphatic rings. The maximum absolute atomic E-state index is 13.1. The topological polar surface area (TPSA) is 58.4 Å². The monoisotopic (exact) mass is 425 g/mol. The number of nitrogens with one attached hydrogen (secondary N) is 1. The van der Waals surface area contributed by atoms with E-state index < -0.39 is 0 Å². The Balaban J connectivity index is 1.62. The summed E-state index contributed by atoms with van der Waals surface area (Å²) >= 11 is 0. The maximum Gasteiger partial charge on any atom is 0.255 e. The number of fused-ring (bicyclic) bond motifs is 1. The summed E-state index contributed by atoms with van der Waals surface area (Å²) in [4.78, 5) is 19.9. The normalized spacial score (nSPS) is 16.2. The van der Waals surface area contributed by atoms with Gasteiger partial charge in [-0.05, 0) is 67.7 Å². The predicted octanol–water partition coefficient (Wildman–Crippen LogP) is 5.90. The standard InChI is InChI=1S/C27H27N3O2/c1-19-13-16-30(17-14-19)25(21-10-7-15-28-18-21)26-24(22-11-5-6-12-23(22)32-26)29-27(31)20-8-3-2-4-9-20/h2-12,15,18-19,25H,13-14,16-17H2,1H3,(H,29,31). The minimum Gasteiger partial charge on any atom is -0.457 e. The van der Waals surface area contributed by atoms with Crippen molar-refractivity contribution in [2.75, 3.05) is 18.4 Å². The number of para-hydroxylation sites is 1. The van der Waals surface area contributed by atoms with Gasteiger partial charge in [0.05, 0.1) is 11.7 Å². The van der Waals surface area contributed by atoms with Crippen LogP contribution in [-0.2, 0) is 0 Å². The summed E-state index contributed by atoms with van der Waals surface area (Å²) < 4.78 is 6.45. The molecule has 0 saturated carbocycles. The van der Waals surface area contributed by atoms with Crippen LogP contribution in [0.3, 0.4) is 0 Å². The summed E-state index contributed by atoms with van der Waals surface area (Å²) in [5.41, 5.74) is 3.19. The van der Waals surface area contributed by atoms with Crippen LogP contribution in [0.5, 0.6) is 0 Å². The van der Waals surface area contributed by atoms with Crippen molar-refractivity contribution in [1.82, 2.24) is 9.88 Å². The number of carbonyl (C=O) groups is 1. The molecule has 162 valence electrons. The van der Waals surface area contributed by atoms with Crippen molar-refractivity contribution in [1.29, 1.82) is 0 Å². The second-order valence-corrected chi connectivity index (χ2v) is 8.57. The SMILES string of the molecule is CC1CCN(C(c2cccnc2)c2oc3ccccc3c2NC(=O)c2ccccc2)CC1. The summed E-state index contributed by atoms with van der Waals surface area (Å²) in [5.74, 6) is 1.34. The smallest absolute Gasteiger partial charge is 0.255 e. The third-order valence-corrected chi connectivity index (χ3v) is 6.33. The van der Waals surface area contributed by atoms with E-state index in [1.54, 1.807) is 6.20 Å². The molecule has 0 spiro atoms. The Hall–Kier alpha value is -3.44. The number of amides is 1. The number of likely N-dealkylation sites (tertiary alicyclic amines) is 1. The van der Waals surface area contributed by atoms with Gasteiger partial charge in [0.1, 0.15) is 5.58 Å². The van der Waals surface area contributed by atoms with Gasteiger partial charge in [-0.25, -0.2) is 0 Å². The van der Waals surface area contributed by atoms with Gasteiger partial charge in [0.2, 0.25) is 0 Å². The van der Waals surface area contributed by atoms with E-state index in [-0.39, 0.29) is 11.9 Å². The van der Waals surface area contributed by atoms with E-state index in [0.717, 1.165) is 53.9 Å². The Labute approximate surface area is 188 Å². The van der Waals surface area contributed by atoms with E-state index in [1.165, 1.54) is 0 Å². The average Bonchev–Trinajstić information content (AvgIpc) is 3.19. The lowest BCUT2D eigenvalue weighted by molar-refractivity contribution is 0.102. The fraction of sp³-hybridized carbons (Fsp3) is 0.259. The molecular formula is C27H27N3O2. The third-order valence-electron chi connectivity index (χ3n) is 6.33. The molecule has 3 heterocycles. The Morgan fingerprint density at radius 2 is 1.78 bits per heavy atom. The number of furan rings is 1. The number of aromatic nitrogens is 1. The number of benzene rings is 2. The average molecular weight is 426 g/mol. The molecule has 1 saturated heterocycles. The van der Waals surface area contributed by atoms with Crippen molar-refractivity contribution < 1.29 is 9.21 Å². The molecule has 2 aromatic carbocycles. The number of hydrogen-bond donors (Lipinski definition) is 1. The lowest BCUT2D eigenvalue weighted by Gasteiger charge is -2.36. The molecule has 1 aliphatic heterocycles. The van der Waals surface area contributed by atoms with Gasteiger partial charge in [0.25, 0.3) is 5.91 Å². The van der Waals surface area contributed by atoms with Gasteiger partial charge in [-0.15, -0.1) is 0 Å². The highest BCUT2D eigenvalue weighted by atomic mass is 16.3. The van der Waals surface area contributed by atoms with E-state index >= 15 is 0 Å². The molecule has 1 fully saturated rings. The summed E-state index contributed by atoms with van der Waals surface area (Å²) in [6.45, 7) is 4.26.